The second-order valence-electron chi connectivity index (χ2n) is 13.2. The van der Waals surface area contributed by atoms with Crippen LogP contribution in [0.2, 0.25) is 0 Å². The van der Waals surface area contributed by atoms with Crippen molar-refractivity contribution < 1.29 is 20.4 Å². The molecule has 0 radical (unpaired) electrons. The van der Waals surface area contributed by atoms with Crippen LogP contribution in [0.1, 0.15) is 17.0 Å². The molecule has 4 nitrogen and oxygen atoms in total. The molecule has 5 heteroatoms. The third-order valence-electron chi connectivity index (χ3n) is 9.90. The summed E-state index contributed by atoms with van der Waals surface area (Å²) in [6.07, 6.45) is 2.21. The molecule has 0 saturated heterocycles. The summed E-state index contributed by atoms with van der Waals surface area (Å²) >= 11 is 0. The van der Waals surface area contributed by atoms with Crippen molar-refractivity contribution in [1.82, 2.24) is 19.9 Å². The van der Waals surface area contributed by atoms with Crippen molar-refractivity contribution in [3.63, 3.8) is 0 Å². The molecule has 0 fully saturated rings. The van der Waals surface area contributed by atoms with Crippen molar-refractivity contribution in [1.29, 1.82) is 0 Å². The van der Waals surface area contributed by atoms with Gasteiger partial charge in [-0.25, -0.2) is 9.97 Å². The third kappa shape index (κ3) is 5.87. The number of nitrogens with one attached hydrogen (secondary N) is 2. The average Bonchev–Trinajstić information content (AvgIpc) is 3.99. The van der Waals surface area contributed by atoms with E-state index < -0.39 is 0 Å². The first-order valence-electron chi connectivity index (χ1n) is 17.6. The van der Waals surface area contributed by atoms with Crippen LogP contribution in [0, 0.1) is 0 Å². The second kappa shape index (κ2) is 13.6. The van der Waals surface area contributed by atoms with Crippen molar-refractivity contribution in [2.75, 3.05) is 0 Å². The molecule has 2 N–H and O–H groups in total. The van der Waals surface area contributed by atoms with Crippen LogP contribution in [0.3, 0.4) is 0 Å². The van der Waals surface area contributed by atoms with E-state index >= 15 is 0 Å². The number of hydrogen-bond acceptors (Lipinski definition) is 2. The van der Waals surface area contributed by atoms with Crippen molar-refractivity contribution in [2.45, 2.75) is 0 Å². The monoisotopic (exact) mass is 770 g/mol. The predicted molar refractivity (Wildman–Crippen MR) is 215 cm³/mol. The van der Waals surface area contributed by atoms with Crippen LogP contribution < -0.4 is 0 Å². The normalized spacial score (nSPS) is 11.7. The number of H-pyrrole nitrogens is 2. The van der Waals surface area contributed by atoms with Gasteiger partial charge in [-0.05, 0) is 58.7 Å². The number of nitrogens with zero attached hydrogens (tertiary/aromatic N) is 2. The summed E-state index contributed by atoms with van der Waals surface area (Å²) in [5.74, 6) is 0. The summed E-state index contributed by atoms with van der Waals surface area (Å²) in [5, 5.41) is 0. The molecule has 10 rings (SSSR count). The van der Waals surface area contributed by atoms with Crippen LogP contribution in [0.5, 0.6) is 0 Å². The van der Waals surface area contributed by atoms with Gasteiger partial charge in [-0.1, -0.05) is 146 Å². The number of aromatic nitrogens is 4. The van der Waals surface area contributed by atoms with Gasteiger partial charge in [0.15, 0.2) is 0 Å². The Balaban J connectivity index is 0.00000372. The zero-order chi connectivity index (χ0) is 34.4. The summed E-state index contributed by atoms with van der Waals surface area (Å²) in [6, 6.07) is 61.9. The molecule has 0 atom stereocenters. The Hall–Kier alpha value is -6.38. The first kappa shape index (κ1) is 32.5. The van der Waals surface area contributed by atoms with Gasteiger partial charge in [0.1, 0.15) is 0 Å². The Morgan fingerprint density at radius 2 is 0.887 bits per heavy atom. The van der Waals surface area contributed by atoms with E-state index in [-0.39, 0.29) is 20.4 Å². The Bertz CT molecular complexity index is 2820. The van der Waals surface area contributed by atoms with Gasteiger partial charge in [-0.15, -0.1) is 0 Å². The Labute approximate surface area is 321 Å². The van der Waals surface area contributed by atoms with Crippen LogP contribution in [0.25, 0.3) is 89.6 Å². The largest absolute Gasteiger partial charge is 0.355 e. The standard InChI is InChI=1S/C48H32N4.Pd/c1-5-15-31(16-6-1)40-28-37-27-35-25-26-36(49-35)29-41-38-23-13-14-24-39(38)42(51-41)30-43-44(32-17-7-2-8-18-32)45(33-19-9-3-10-20-33)48(52-43)46(47(40)50-37)34-21-11-4-12-22-34;/h1-30,49,52H;. The first-order valence-corrected chi connectivity index (χ1v) is 17.6. The fourth-order valence-corrected chi connectivity index (χ4v) is 7.60. The molecular formula is C48H32N4Pd. The van der Waals surface area contributed by atoms with Crippen LogP contribution in [0.4, 0.5) is 0 Å². The Morgan fingerprint density at radius 3 is 1.49 bits per heavy atom. The summed E-state index contributed by atoms with van der Waals surface area (Å²) < 4.78 is 0. The summed E-state index contributed by atoms with van der Waals surface area (Å²) in [6.45, 7) is 0. The molecule has 8 bridgehead atoms. The van der Waals surface area contributed by atoms with Gasteiger partial charge in [-0.2, -0.15) is 0 Å². The molecule has 2 aliphatic heterocycles. The number of hydrogen-bond donors (Lipinski definition) is 2. The quantitative estimate of drug-likeness (QED) is 0.175. The molecule has 8 aromatic rings. The number of benzene rings is 5. The van der Waals surface area contributed by atoms with Crippen molar-refractivity contribution in [3.8, 4) is 55.9 Å². The summed E-state index contributed by atoms with van der Waals surface area (Å²) in [4.78, 5) is 18.4. The maximum atomic E-state index is 5.47. The molecule has 3 aromatic heterocycles. The average molecular weight is 771 g/mol. The van der Waals surface area contributed by atoms with Crippen molar-refractivity contribution in [2.24, 2.45) is 0 Å². The van der Waals surface area contributed by atoms with E-state index in [1.807, 2.05) is 0 Å². The summed E-state index contributed by atoms with van der Waals surface area (Å²) in [5.41, 5.74) is 18.6. The Morgan fingerprint density at radius 1 is 0.396 bits per heavy atom. The van der Waals surface area contributed by atoms with Gasteiger partial charge in [0.05, 0.1) is 28.3 Å². The van der Waals surface area contributed by atoms with Crippen LogP contribution in [-0.4, -0.2) is 19.9 Å². The fourth-order valence-electron chi connectivity index (χ4n) is 7.60. The van der Waals surface area contributed by atoms with E-state index in [1.165, 1.54) is 0 Å². The minimum atomic E-state index is 0. The SMILES string of the molecule is C1=C(c2ccccc2)c2nc1cc1ccc(cc3nc(cc4[nH]c(c2-c2ccccc2)c(-c2ccccc2)c4-c2ccccc2)-c2ccccc2-3)[nH]1.[Pd]. The topological polar surface area (TPSA) is 57.4 Å². The Kier molecular flexibility index (Phi) is 8.37. The molecule has 2 aliphatic rings. The van der Waals surface area contributed by atoms with E-state index in [1.54, 1.807) is 0 Å². The number of rotatable bonds is 4. The van der Waals surface area contributed by atoms with Crippen LogP contribution in [0.15, 0.2) is 176 Å². The first-order chi connectivity index (χ1) is 25.8. The van der Waals surface area contributed by atoms with Crippen molar-refractivity contribution >= 4 is 33.7 Å². The van der Waals surface area contributed by atoms with Crippen molar-refractivity contribution in [3.05, 3.63) is 193 Å². The van der Waals surface area contributed by atoms with Crippen LogP contribution in [-0.2, 0) is 20.4 Å². The third-order valence-corrected chi connectivity index (χ3v) is 9.90. The van der Waals surface area contributed by atoms with E-state index in [0.29, 0.717) is 0 Å². The molecule has 0 spiro atoms. The molecule has 0 saturated carbocycles. The molecule has 0 aliphatic carbocycles. The van der Waals surface area contributed by atoms with Gasteiger partial charge in [-0.3, -0.25) is 0 Å². The zero-order valence-electron chi connectivity index (χ0n) is 28.5. The van der Waals surface area contributed by atoms with Crippen LogP contribution >= 0.6 is 0 Å². The van der Waals surface area contributed by atoms with E-state index in [9.17, 15) is 0 Å². The van der Waals surface area contributed by atoms with Gasteiger partial charge in [0.25, 0.3) is 0 Å². The molecule has 254 valence electrons. The van der Waals surface area contributed by atoms with Gasteiger partial charge >= 0.3 is 0 Å². The van der Waals surface area contributed by atoms with Gasteiger partial charge in [0, 0.05) is 70.4 Å². The second-order valence-corrected chi connectivity index (χ2v) is 13.2. The fraction of sp³-hybridized carbons (Fsp3) is 0. The molecule has 5 heterocycles. The number of aromatic amines is 2. The smallest absolute Gasteiger partial charge is 0.0815 e. The maximum absolute atomic E-state index is 5.47. The minimum absolute atomic E-state index is 0. The molecule has 0 unspecified atom stereocenters. The summed E-state index contributed by atoms with van der Waals surface area (Å²) in [7, 11) is 0. The molecular weight excluding hydrogens is 739 g/mol. The number of fused-ring (bicyclic) bond motifs is 11. The molecule has 0 amide bonds. The van der Waals surface area contributed by atoms with Gasteiger partial charge in [0.2, 0.25) is 0 Å². The van der Waals surface area contributed by atoms with Gasteiger partial charge < -0.3 is 9.97 Å². The van der Waals surface area contributed by atoms with E-state index in [2.05, 4.69) is 192 Å². The van der Waals surface area contributed by atoms with E-state index in [0.717, 1.165) is 100 Å². The molecule has 53 heavy (non-hydrogen) atoms. The minimum Gasteiger partial charge on any atom is -0.355 e. The zero-order valence-corrected chi connectivity index (χ0v) is 30.1. The van der Waals surface area contributed by atoms with E-state index in [4.69, 9.17) is 9.97 Å². The molecule has 5 aromatic carbocycles. The predicted octanol–water partition coefficient (Wildman–Crippen LogP) is 12.2. The maximum Gasteiger partial charge on any atom is 0.0815 e.